The van der Waals surface area contributed by atoms with Crippen LogP contribution in [0.5, 0.6) is 0 Å². The van der Waals surface area contributed by atoms with Crippen molar-refractivity contribution in [2.24, 2.45) is 5.73 Å². The van der Waals surface area contributed by atoms with Crippen molar-refractivity contribution >= 4 is 0 Å². The second-order valence-electron chi connectivity index (χ2n) is 4.26. The maximum Gasteiger partial charge on any atom is 0.276 e. The molecule has 0 radical (unpaired) electrons. The Morgan fingerprint density at radius 2 is 1.85 bits per heavy atom. The largest absolute Gasteiger partial charge is 0.332 e. The Balaban J connectivity index is 1.91. The van der Waals surface area contributed by atoms with E-state index in [0.717, 1.165) is 11.1 Å². The van der Waals surface area contributed by atoms with Crippen LogP contribution in [0.2, 0.25) is 0 Å². The number of rotatable bonds is 3. The van der Waals surface area contributed by atoms with Crippen molar-refractivity contribution in [1.82, 2.24) is 25.1 Å². The fourth-order valence-corrected chi connectivity index (χ4v) is 1.60. The second-order valence-corrected chi connectivity index (χ2v) is 4.26. The quantitative estimate of drug-likeness (QED) is 0.764. The fraction of sp³-hybridized carbons (Fsp3) is 0.154. The molecule has 0 amide bonds. The Kier molecular flexibility index (Phi) is 3.18. The van der Waals surface area contributed by atoms with Crippen LogP contribution in [-0.4, -0.2) is 25.1 Å². The summed E-state index contributed by atoms with van der Waals surface area (Å²) >= 11 is 0. The van der Waals surface area contributed by atoms with Gasteiger partial charge in [-0.05, 0) is 24.1 Å². The topological polar surface area (TPSA) is 104 Å². The summed E-state index contributed by atoms with van der Waals surface area (Å²) < 4.78 is 5.17. The van der Waals surface area contributed by atoms with Crippen molar-refractivity contribution in [3.8, 4) is 23.2 Å². The minimum Gasteiger partial charge on any atom is -0.332 e. The Morgan fingerprint density at radius 3 is 2.50 bits per heavy atom. The molecule has 0 spiro atoms. The third kappa shape index (κ3) is 2.39. The van der Waals surface area contributed by atoms with E-state index in [4.69, 9.17) is 10.3 Å². The monoisotopic (exact) mass is 268 g/mol. The van der Waals surface area contributed by atoms with Crippen molar-refractivity contribution in [1.29, 1.82) is 0 Å². The first-order chi connectivity index (χ1) is 9.76. The van der Waals surface area contributed by atoms with E-state index in [1.54, 1.807) is 24.7 Å². The highest BCUT2D eigenvalue weighted by molar-refractivity contribution is 5.51. The molecule has 0 aromatic carbocycles. The zero-order chi connectivity index (χ0) is 13.9. The van der Waals surface area contributed by atoms with E-state index in [9.17, 15) is 0 Å². The molecule has 3 rings (SSSR count). The van der Waals surface area contributed by atoms with Gasteiger partial charge in [-0.1, -0.05) is 11.2 Å². The summed E-state index contributed by atoms with van der Waals surface area (Å²) in [6, 6.07) is 3.66. The Labute approximate surface area is 114 Å². The molecular formula is C13H12N6O. The molecule has 100 valence electrons. The molecule has 0 aliphatic rings. The zero-order valence-electron chi connectivity index (χ0n) is 10.8. The van der Waals surface area contributed by atoms with Gasteiger partial charge in [0, 0.05) is 25.1 Å². The van der Waals surface area contributed by atoms with Crippen LogP contribution in [0.25, 0.3) is 23.2 Å². The standard InChI is InChI=1S/C13H12N6O/c1-8-5-16-11(17-6-8)12-18-13(20-19-12)10-3-2-9(4-14)7-15-10/h2-3,5-7H,4,14H2,1H3. The van der Waals surface area contributed by atoms with Crippen LogP contribution in [-0.2, 0) is 6.54 Å². The van der Waals surface area contributed by atoms with E-state index < -0.39 is 0 Å². The van der Waals surface area contributed by atoms with Gasteiger partial charge < -0.3 is 10.3 Å². The first-order valence-electron chi connectivity index (χ1n) is 6.04. The molecule has 0 bridgehead atoms. The van der Waals surface area contributed by atoms with Crippen molar-refractivity contribution in [3.63, 3.8) is 0 Å². The molecule has 7 nitrogen and oxygen atoms in total. The first-order valence-corrected chi connectivity index (χ1v) is 6.04. The number of pyridine rings is 1. The van der Waals surface area contributed by atoms with Crippen LogP contribution in [0, 0.1) is 6.92 Å². The minimum atomic E-state index is 0.327. The van der Waals surface area contributed by atoms with Crippen LogP contribution in [0.1, 0.15) is 11.1 Å². The number of aromatic nitrogens is 5. The first kappa shape index (κ1) is 12.4. The molecule has 3 heterocycles. The summed E-state index contributed by atoms with van der Waals surface area (Å²) in [6.07, 6.45) is 5.08. The average molecular weight is 268 g/mol. The van der Waals surface area contributed by atoms with Gasteiger partial charge in [-0.25, -0.2) is 9.97 Å². The van der Waals surface area contributed by atoms with Gasteiger partial charge in [0.25, 0.3) is 5.89 Å². The highest BCUT2D eigenvalue weighted by atomic mass is 16.5. The number of aryl methyl sites for hydroxylation is 1. The lowest BCUT2D eigenvalue weighted by molar-refractivity contribution is 0.430. The molecule has 0 aliphatic heterocycles. The molecule has 0 aliphatic carbocycles. The molecule has 0 saturated carbocycles. The van der Waals surface area contributed by atoms with Gasteiger partial charge in [-0.3, -0.25) is 4.98 Å². The number of hydrogen-bond donors (Lipinski definition) is 1. The summed E-state index contributed by atoms with van der Waals surface area (Å²) in [5, 5.41) is 3.86. The van der Waals surface area contributed by atoms with Gasteiger partial charge in [0.2, 0.25) is 11.6 Å². The van der Waals surface area contributed by atoms with E-state index in [1.165, 1.54) is 0 Å². The Bertz CT molecular complexity index is 704. The molecule has 0 saturated heterocycles. The predicted octanol–water partition coefficient (Wildman–Crippen LogP) is 1.36. The molecular weight excluding hydrogens is 256 g/mol. The lowest BCUT2D eigenvalue weighted by Crippen LogP contribution is -1.97. The summed E-state index contributed by atoms with van der Waals surface area (Å²) in [7, 11) is 0. The summed E-state index contributed by atoms with van der Waals surface area (Å²) in [4.78, 5) is 16.8. The third-order valence-corrected chi connectivity index (χ3v) is 2.69. The van der Waals surface area contributed by atoms with E-state index in [-0.39, 0.29) is 0 Å². The number of nitrogens with zero attached hydrogens (tertiary/aromatic N) is 5. The maximum absolute atomic E-state index is 5.52. The number of nitrogens with two attached hydrogens (primary N) is 1. The van der Waals surface area contributed by atoms with E-state index >= 15 is 0 Å². The normalized spacial score (nSPS) is 10.7. The second kappa shape index (κ2) is 5.14. The van der Waals surface area contributed by atoms with Crippen LogP contribution < -0.4 is 5.73 Å². The van der Waals surface area contributed by atoms with Crippen LogP contribution in [0.4, 0.5) is 0 Å². The van der Waals surface area contributed by atoms with Crippen molar-refractivity contribution in [3.05, 3.63) is 41.9 Å². The third-order valence-electron chi connectivity index (χ3n) is 2.69. The van der Waals surface area contributed by atoms with Crippen molar-refractivity contribution < 1.29 is 4.52 Å². The molecule has 2 N–H and O–H groups in total. The molecule has 7 heteroatoms. The van der Waals surface area contributed by atoms with E-state index in [2.05, 4.69) is 25.1 Å². The van der Waals surface area contributed by atoms with Crippen LogP contribution in [0.15, 0.2) is 35.2 Å². The van der Waals surface area contributed by atoms with Crippen molar-refractivity contribution in [2.45, 2.75) is 13.5 Å². The predicted molar refractivity (Wildman–Crippen MR) is 71.2 cm³/mol. The molecule has 20 heavy (non-hydrogen) atoms. The Hall–Kier alpha value is -2.67. The molecule has 3 aromatic rings. The minimum absolute atomic E-state index is 0.327. The highest BCUT2D eigenvalue weighted by Crippen LogP contribution is 2.18. The van der Waals surface area contributed by atoms with E-state index in [0.29, 0.717) is 29.8 Å². The molecule has 0 fully saturated rings. The number of hydrogen-bond acceptors (Lipinski definition) is 7. The lowest BCUT2D eigenvalue weighted by Gasteiger charge is -1.96. The van der Waals surface area contributed by atoms with Crippen LogP contribution in [0.3, 0.4) is 0 Å². The zero-order valence-corrected chi connectivity index (χ0v) is 10.8. The lowest BCUT2D eigenvalue weighted by atomic mass is 10.2. The van der Waals surface area contributed by atoms with Gasteiger partial charge in [0.15, 0.2) is 0 Å². The van der Waals surface area contributed by atoms with Crippen LogP contribution >= 0.6 is 0 Å². The molecule has 0 atom stereocenters. The molecule has 0 unspecified atom stereocenters. The summed E-state index contributed by atoms with van der Waals surface area (Å²) in [5.41, 5.74) is 8.02. The van der Waals surface area contributed by atoms with E-state index in [1.807, 2.05) is 13.0 Å². The fourth-order valence-electron chi connectivity index (χ4n) is 1.60. The van der Waals surface area contributed by atoms with Gasteiger partial charge in [-0.2, -0.15) is 4.98 Å². The van der Waals surface area contributed by atoms with Gasteiger partial charge >= 0.3 is 0 Å². The van der Waals surface area contributed by atoms with Gasteiger partial charge in [0.05, 0.1) is 0 Å². The smallest absolute Gasteiger partial charge is 0.276 e. The highest BCUT2D eigenvalue weighted by Gasteiger charge is 2.13. The van der Waals surface area contributed by atoms with Crippen molar-refractivity contribution in [2.75, 3.05) is 0 Å². The Morgan fingerprint density at radius 1 is 1.05 bits per heavy atom. The SMILES string of the molecule is Cc1cnc(-c2noc(-c3ccc(CN)cn3)n2)nc1. The summed E-state index contributed by atoms with van der Waals surface area (Å²) in [6.45, 7) is 2.36. The van der Waals surface area contributed by atoms with Gasteiger partial charge in [0.1, 0.15) is 5.69 Å². The average Bonchev–Trinajstić information content (AvgIpc) is 2.98. The molecule has 3 aromatic heterocycles. The summed E-state index contributed by atoms with van der Waals surface area (Å²) in [5.74, 6) is 1.08. The maximum atomic E-state index is 5.52. The van der Waals surface area contributed by atoms with Gasteiger partial charge in [-0.15, -0.1) is 0 Å².